The van der Waals surface area contributed by atoms with Crippen LogP contribution >= 0.6 is 12.4 Å². The third kappa shape index (κ3) is 1.88. The van der Waals surface area contributed by atoms with Crippen molar-refractivity contribution in [1.29, 1.82) is 0 Å². The van der Waals surface area contributed by atoms with Crippen LogP contribution in [0.4, 0.5) is 5.82 Å². The number of hydrogen-bond donors (Lipinski definition) is 2. The standard InChI is InChI=1S/C6H9N3O2.ClH/c1-2-9-4(6(10)11)3-5(7)8-9;/h3H,2H2,1H3,(H2,7,8)(H,10,11);1H. The second kappa shape index (κ2) is 3.96. The van der Waals surface area contributed by atoms with E-state index in [0.29, 0.717) is 6.54 Å². The Kier molecular flexibility index (Phi) is 3.56. The lowest BCUT2D eigenvalue weighted by Crippen LogP contribution is -2.08. The highest BCUT2D eigenvalue weighted by Crippen LogP contribution is 2.04. The van der Waals surface area contributed by atoms with Crippen LogP contribution < -0.4 is 5.73 Å². The summed E-state index contributed by atoms with van der Waals surface area (Å²) < 4.78 is 1.34. The van der Waals surface area contributed by atoms with Gasteiger partial charge in [-0.05, 0) is 6.92 Å². The minimum absolute atomic E-state index is 0. The minimum atomic E-state index is -1.00. The van der Waals surface area contributed by atoms with Crippen LogP contribution in [0.25, 0.3) is 0 Å². The van der Waals surface area contributed by atoms with Gasteiger partial charge in [-0.1, -0.05) is 0 Å². The van der Waals surface area contributed by atoms with Crippen molar-refractivity contribution in [2.75, 3.05) is 5.73 Å². The molecule has 1 heterocycles. The molecule has 0 radical (unpaired) electrons. The molecule has 0 spiro atoms. The summed E-state index contributed by atoms with van der Waals surface area (Å²) in [5.74, 6) is -0.764. The summed E-state index contributed by atoms with van der Waals surface area (Å²) >= 11 is 0. The number of aromatic carboxylic acids is 1. The lowest BCUT2D eigenvalue weighted by molar-refractivity contribution is 0.0683. The van der Waals surface area contributed by atoms with Gasteiger partial charge in [-0.2, -0.15) is 5.10 Å². The van der Waals surface area contributed by atoms with Gasteiger partial charge in [0.2, 0.25) is 0 Å². The van der Waals surface area contributed by atoms with Crippen LogP contribution in [0.1, 0.15) is 17.4 Å². The van der Waals surface area contributed by atoms with Crippen LogP contribution in [0.2, 0.25) is 0 Å². The predicted octanol–water partition coefficient (Wildman–Crippen LogP) is 0.605. The maximum absolute atomic E-state index is 10.5. The molecule has 0 fully saturated rings. The molecule has 1 rings (SSSR count). The van der Waals surface area contributed by atoms with Crippen molar-refractivity contribution in [3.8, 4) is 0 Å². The Balaban J connectivity index is 0.00000121. The van der Waals surface area contributed by atoms with Crippen LogP contribution in [0.3, 0.4) is 0 Å². The molecule has 0 aromatic carbocycles. The first-order valence-electron chi connectivity index (χ1n) is 3.21. The summed E-state index contributed by atoms with van der Waals surface area (Å²) in [6.45, 7) is 2.32. The smallest absolute Gasteiger partial charge is 0.354 e. The number of nitrogens with zero attached hydrogens (tertiary/aromatic N) is 2. The molecule has 0 aliphatic rings. The lowest BCUT2D eigenvalue weighted by Gasteiger charge is -1.96. The zero-order chi connectivity index (χ0) is 8.43. The number of aryl methyl sites for hydroxylation is 1. The maximum Gasteiger partial charge on any atom is 0.354 e. The van der Waals surface area contributed by atoms with Crippen LogP contribution in [0.15, 0.2) is 6.07 Å². The topological polar surface area (TPSA) is 81.1 Å². The third-order valence-corrected chi connectivity index (χ3v) is 1.32. The molecule has 0 aliphatic heterocycles. The van der Waals surface area contributed by atoms with Gasteiger partial charge < -0.3 is 10.8 Å². The molecule has 12 heavy (non-hydrogen) atoms. The normalized spacial score (nSPS) is 9.08. The van der Waals surface area contributed by atoms with Gasteiger partial charge >= 0.3 is 5.97 Å². The molecule has 0 saturated heterocycles. The van der Waals surface area contributed by atoms with Gasteiger partial charge in [-0.15, -0.1) is 12.4 Å². The zero-order valence-electron chi connectivity index (χ0n) is 6.52. The second-order valence-electron chi connectivity index (χ2n) is 2.08. The summed E-state index contributed by atoms with van der Waals surface area (Å²) in [6.07, 6.45) is 0. The Labute approximate surface area is 75.6 Å². The summed E-state index contributed by atoms with van der Waals surface area (Å²) in [7, 11) is 0. The molecule has 0 saturated carbocycles. The van der Waals surface area contributed by atoms with Crippen LogP contribution in [-0.4, -0.2) is 20.9 Å². The summed E-state index contributed by atoms with van der Waals surface area (Å²) in [5, 5.41) is 12.4. The molecule has 68 valence electrons. The first-order chi connectivity index (χ1) is 5.15. The quantitative estimate of drug-likeness (QED) is 0.718. The highest BCUT2D eigenvalue weighted by Gasteiger charge is 2.10. The van der Waals surface area contributed by atoms with Gasteiger partial charge in [-0.3, -0.25) is 4.68 Å². The van der Waals surface area contributed by atoms with Crippen molar-refractivity contribution in [2.45, 2.75) is 13.5 Å². The fraction of sp³-hybridized carbons (Fsp3) is 0.333. The first kappa shape index (κ1) is 10.8. The van der Waals surface area contributed by atoms with E-state index in [1.54, 1.807) is 6.92 Å². The first-order valence-corrected chi connectivity index (χ1v) is 3.21. The van der Waals surface area contributed by atoms with E-state index in [4.69, 9.17) is 10.8 Å². The largest absolute Gasteiger partial charge is 0.477 e. The number of rotatable bonds is 2. The number of halogens is 1. The van der Waals surface area contributed by atoms with Crippen molar-refractivity contribution < 1.29 is 9.90 Å². The summed E-state index contributed by atoms with van der Waals surface area (Å²) in [5.41, 5.74) is 5.43. The minimum Gasteiger partial charge on any atom is -0.477 e. The number of aromatic nitrogens is 2. The molecule has 0 atom stereocenters. The average Bonchev–Trinajstić information content (AvgIpc) is 2.30. The van der Waals surface area contributed by atoms with E-state index in [-0.39, 0.29) is 23.9 Å². The fourth-order valence-corrected chi connectivity index (χ4v) is 0.850. The van der Waals surface area contributed by atoms with Crippen molar-refractivity contribution in [1.82, 2.24) is 9.78 Å². The number of nitrogen functional groups attached to an aromatic ring is 1. The van der Waals surface area contributed by atoms with E-state index >= 15 is 0 Å². The van der Waals surface area contributed by atoms with Crippen molar-refractivity contribution >= 4 is 24.2 Å². The molecule has 3 N–H and O–H groups in total. The Bertz CT molecular complexity index is 284. The van der Waals surface area contributed by atoms with E-state index in [1.165, 1.54) is 10.7 Å². The van der Waals surface area contributed by atoms with Crippen molar-refractivity contribution in [3.63, 3.8) is 0 Å². The molecule has 1 aromatic heterocycles. The molecule has 0 bridgehead atoms. The molecule has 0 amide bonds. The Morgan fingerprint density at radius 2 is 2.42 bits per heavy atom. The van der Waals surface area contributed by atoms with E-state index in [1.807, 2.05) is 0 Å². The maximum atomic E-state index is 10.5. The van der Waals surface area contributed by atoms with Gasteiger partial charge in [0.15, 0.2) is 0 Å². The van der Waals surface area contributed by atoms with Crippen LogP contribution in [0, 0.1) is 0 Å². The molecule has 6 heteroatoms. The number of nitrogens with two attached hydrogens (primary N) is 1. The zero-order valence-corrected chi connectivity index (χ0v) is 7.34. The van der Waals surface area contributed by atoms with Crippen LogP contribution in [-0.2, 0) is 6.54 Å². The predicted molar refractivity (Wildman–Crippen MR) is 46.5 cm³/mol. The summed E-state index contributed by atoms with van der Waals surface area (Å²) in [4.78, 5) is 10.5. The van der Waals surface area contributed by atoms with Crippen molar-refractivity contribution in [2.24, 2.45) is 0 Å². The monoisotopic (exact) mass is 191 g/mol. The van der Waals surface area contributed by atoms with Gasteiger partial charge in [0.05, 0.1) is 0 Å². The van der Waals surface area contributed by atoms with E-state index in [9.17, 15) is 4.79 Å². The van der Waals surface area contributed by atoms with E-state index in [0.717, 1.165) is 0 Å². The van der Waals surface area contributed by atoms with Gasteiger partial charge in [0, 0.05) is 12.6 Å². The SMILES string of the molecule is CCn1nc(N)cc1C(=O)O.Cl. The Morgan fingerprint density at radius 3 is 2.75 bits per heavy atom. The van der Waals surface area contributed by atoms with Crippen molar-refractivity contribution in [3.05, 3.63) is 11.8 Å². The number of hydrogen-bond acceptors (Lipinski definition) is 3. The van der Waals surface area contributed by atoms with Gasteiger partial charge in [0.1, 0.15) is 11.5 Å². The molecule has 1 aromatic rings. The molecule has 5 nitrogen and oxygen atoms in total. The average molecular weight is 192 g/mol. The fourth-order valence-electron chi connectivity index (χ4n) is 0.850. The third-order valence-electron chi connectivity index (χ3n) is 1.32. The number of carbonyl (C=O) groups is 1. The Hall–Kier alpha value is -1.23. The van der Waals surface area contributed by atoms with Crippen LogP contribution in [0.5, 0.6) is 0 Å². The highest BCUT2D eigenvalue weighted by molar-refractivity contribution is 5.86. The Morgan fingerprint density at radius 1 is 1.83 bits per heavy atom. The lowest BCUT2D eigenvalue weighted by atomic mass is 10.4. The molecular weight excluding hydrogens is 182 g/mol. The number of carboxylic acids is 1. The highest BCUT2D eigenvalue weighted by atomic mass is 35.5. The summed E-state index contributed by atoms with van der Waals surface area (Å²) in [6, 6.07) is 1.34. The van der Waals surface area contributed by atoms with E-state index in [2.05, 4.69) is 5.10 Å². The molecular formula is C6H10ClN3O2. The molecule has 0 aliphatic carbocycles. The number of anilines is 1. The van der Waals surface area contributed by atoms with Gasteiger partial charge in [-0.25, -0.2) is 4.79 Å². The molecule has 0 unspecified atom stereocenters. The second-order valence-corrected chi connectivity index (χ2v) is 2.08. The van der Waals surface area contributed by atoms with E-state index < -0.39 is 5.97 Å². The number of carboxylic acid groups (broad SMARTS) is 1. The van der Waals surface area contributed by atoms with Gasteiger partial charge in [0.25, 0.3) is 0 Å².